The van der Waals surface area contributed by atoms with Crippen molar-refractivity contribution in [3.63, 3.8) is 0 Å². The lowest BCUT2D eigenvalue weighted by Gasteiger charge is -2.22. The predicted molar refractivity (Wildman–Crippen MR) is 63.1 cm³/mol. The number of hydrogen-bond acceptors (Lipinski definition) is 2. The normalized spacial score (nSPS) is 19.1. The molecular formula is C13H14FN3. The number of nitrogens with zero attached hydrogens (tertiary/aromatic N) is 3. The van der Waals surface area contributed by atoms with Crippen LogP contribution in [0.2, 0.25) is 0 Å². The molecule has 4 heteroatoms. The van der Waals surface area contributed by atoms with Gasteiger partial charge in [-0.2, -0.15) is 0 Å². The summed E-state index contributed by atoms with van der Waals surface area (Å²) in [5.41, 5.74) is 0.803. The fourth-order valence-electron chi connectivity index (χ4n) is 2.47. The smallest absolute Gasteiger partial charge is 0.164 e. The van der Waals surface area contributed by atoms with E-state index in [0.29, 0.717) is 6.04 Å². The number of aryl methyl sites for hydroxylation is 1. The van der Waals surface area contributed by atoms with E-state index in [1.165, 1.54) is 12.1 Å². The topological polar surface area (TPSA) is 30.7 Å². The molecule has 1 atom stereocenters. The average molecular weight is 231 g/mol. The molecule has 88 valence electrons. The molecule has 1 unspecified atom stereocenters. The first-order valence-corrected chi connectivity index (χ1v) is 5.95. The molecule has 3 nitrogen and oxygen atoms in total. The van der Waals surface area contributed by atoms with Crippen LogP contribution in [0.15, 0.2) is 24.3 Å². The number of fused-ring (bicyclic) bond motifs is 1. The van der Waals surface area contributed by atoms with Crippen molar-refractivity contribution in [2.24, 2.45) is 0 Å². The molecule has 0 aliphatic carbocycles. The molecule has 0 N–H and O–H groups in total. The molecule has 0 amide bonds. The zero-order valence-electron chi connectivity index (χ0n) is 9.73. The van der Waals surface area contributed by atoms with Gasteiger partial charge in [0, 0.05) is 18.0 Å². The minimum Gasteiger partial charge on any atom is -0.308 e. The maximum absolute atomic E-state index is 13.2. The quantitative estimate of drug-likeness (QED) is 0.755. The van der Waals surface area contributed by atoms with Gasteiger partial charge in [-0.15, -0.1) is 10.2 Å². The highest BCUT2D eigenvalue weighted by Gasteiger charge is 2.22. The summed E-state index contributed by atoms with van der Waals surface area (Å²) in [5, 5.41) is 8.41. The van der Waals surface area contributed by atoms with Crippen molar-refractivity contribution in [1.82, 2.24) is 14.8 Å². The van der Waals surface area contributed by atoms with E-state index in [0.717, 1.165) is 36.5 Å². The molecule has 1 aromatic heterocycles. The van der Waals surface area contributed by atoms with Crippen LogP contribution in [0.25, 0.3) is 11.4 Å². The molecule has 0 radical (unpaired) electrons. The van der Waals surface area contributed by atoms with Gasteiger partial charge in [0.1, 0.15) is 11.6 Å². The Kier molecular flexibility index (Phi) is 2.42. The van der Waals surface area contributed by atoms with Crippen LogP contribution in [0.3, 0.4) is 0 Å². The van der Waals surface area contributed by atoms with Gasteiger partial charge in [0.15, 0.2) is 5.82 Å². The van der Waals surface area contributed by atoms with Crippen LogP contribution in [-0.2, 0) is 6.42 Å². The van der Waals surface area contributed by atoms with Gasteiger partial charge in [0.2, 0.25) is 0 Å². The summed E-state index contributed by atoms with van der Waals surface area (Å²) in [5.74, 6) is 1.57. The van der Waals surface area contributed by atoms with Crippen LogP contribution in [0.5, 0.6) is 0 Å². The Morgan fingerprint density at radius 2 is 2.24 bits per heavy atom. The van der Waals surface area contributed by atoms with E-state index >= 15 is 0 Å². The molecule has 2 aromatic rings. The van der Waals surface area contributed by atoms with E-state index in [1.54, 1.807) is 6.07 Å². The molecule has 0 saturated carbocycles. The molecule has 2 heterocycles. The number of hydrogen-bond donors (Lipinski definition) is 0. The fraction of sp³-hybridized carbons (Fsp3) is 0.385. The van der Waals surface area contributed by atoms with Gasteiger partial charge < -0.3 is 4.57 Å². The number of aromatic nitrogens is 3. The van der Waals surface area contributed by atoms with Crippen molar-refractivity contribution in [3.8, 4) is 11.4 Å². The Hall–Kier alpha value is -1.71. The lowest BCUT2D eigenvalue weighted by molar-refractivity contribution is 0.429. The second kappa shape index (κ2) is 3.95. The maximum Gasteiger partial charge on any atom is 0.164 e. The molecule has 17 heavy (non-hydrogen) atoms. The first-order valence-electron chi connectivity index (χ1n) is 5.95. The van der Waals surface area contributed by atoms with E-state index in [9.17, 15) is 4.39 Å². The van der Waals surface area contributed by atoms with E-state index in [1.807, 2.05) is 6.07 Å². The minimum atomic E-state index is -0.233. The van der Waals surface area contributed by atoms with Gasteiger partial charge in [-0.25, -0.2) is 4.39 Å². The molecule has 0 saturated heterocycles. The summed E-state index contributed by atoms with van der Waals surface area (Å²) in [7, 11) is 0. The van der Waals surface area contributed by atoms with Crippen LogP contribution >= 0.6 is 0 Å². The summed E-state index contributed by atoms with van der Waals surface area (Å²) in [4.78, 5) is 0. The Labute approximate surface area is 99.3 Å². The molecule has 0 bridgehead atoms. The van der Waals surface area contributed by atoms with Crippen molar-refractivity contribution < 1.29 is 4.39 Å². The van der Waals surface area contributed by atoms with Crippen LogP contribution in [0.4, 0.5) is 4.39 Å². The lowest BCUT2D eigenvalue weighted by atomic mass is 10.1. The van der Waals surface area contributed by atoms with Gasteiger partial charge in [-0.1, -0.05) is 12.1 Å². The van der Waals surface area contributed by atoms with Gasteiger partial charge in [0.05, 0.1) is 0 Å². The summed E-state index contributed by atoms with van der Waals surface area (Å²) in [6, 6.07) is 6.94. The average Bonchev–Trinajstić information content (AvgIpc) is 2.74. The highest BCUT2D eigenvalue weighted by atomic mass is 19.1. The Morgan fingerprint density at radius 1 is 1.35 bits per heavy atom. The molecular weight excluding hydrogens is 217 g/mol. The molecule has 0 fully saturated rings. The van der Waals surface area contributed by atoms with E-state index in [-0.39, 0.29) is 5.82 Å². The molecule has 1 aliphatic rings. The van der Waals surface area contributed by atoms with E-state index in [4.69, 9.17) is 0 Å². The van der Waals surface area contributed by atoms with Crippen LogP contribution in [0.1, 0.15) is 31.6 Å². The first-order chi connectivity index (χ1) is 8.25. The van der Waals surface area contributed by atoms with Gasteiger partial charge in [-0.05, 0) is 31.9 Å². The van der Waals surface area contributed by atoms with E-state index < -0.39 is 0 Å². The molecule has 1 aliphatic heterocycles. The van der Waals surface area contributed by atoms with Gasteiger partial charge >= 0.3 is 0 Å². The zero-order chi connectivity index (χ0) is 11.8. The minimum absolute atomic E-state index is 0.233. The molecule has 0 spiro atoms. The second-order valence-corrected chi connectivity index (χ2v) is 4.56. The van der Waals surface area contributed by atoms with Crippen molar-refractivity contribution in [2.45, 2.75) is 32.2 Å². The van der Waals surface area contributed by atoms with Gasteiger partial charge in [0.25, 0.3) is 0 Å². The predicted octanol–water partition coefficient (Wildman–Crippen LogP) is 2.98. The molecule has 3 rings (SSSR count). The summed E-state index contributed by atoms with van der Waals surface area (Å²) in [6.45, 7) is 2.16. The Bertz CT molecular complexity index is 547. The Balaban J connectivity index is 2.13. The highest BCUT2D eigenvalue weighted by molar-refractivity contribution is 5.55. The van der Waals surface area contributed by atoms with Crippen LogP contribution in [-0.4, -0.2) is 14.8 Å². The zero-order valence-corrected chi connectivity index (χ0v) is 9.73. The first kappa shape index (κ1) is 10.4. The molecule has 1 aromatic carbocycles. The fourth-order valence-corrected chi connectivity index (χ4v) is 2.47. The third-order valence-corrected chi connectivity index (χ3v) is 3.31. The summed E-state index contributed by atoms with van der Waals surface area (Å²) < 4.78 is 15.4. The Morgan fingerprint density at radius 3 is 3.06 bits per heavy atom. The van der Waals surface area contributed by atoms with Crippen molar-refractivity contribution in [1.29, 1.82) is 0 Å². The largest absolute Gasteiger partial charge is 0.308 e. The third kappa shape index (κ3) is 1.73. The van der Waals surface area contributed by atoms with Crippen molar-refractivity contribution in [2.75, 3.05) is 0 Å². The standard InChI is InChI=1S/C13H14FN3/c1-9-4-2-7-12-15-16-13(17(9)12)10-5-3-6-11(14)8-10/h3,5-6,8-9H,2,4,7H2,1H3. The van der Waals surface area contributed by atoms with Crippen LogP contribution < -0.4 is 0 Å². The third-order valence-electron chi connectivity index (χ3n) is 3.31. The number of benzene rings is 1. The number of rotatable bonds is 1. The number of halogens is 1. The summed E-state index contributed by atoms with van der Waals surface area (Å²) >= 11 is 0. The summed E-state index contributed by atoms with van der Waals surface area (Å²) in [6.07, 6.45) is 3.25. The highest BCUT2D eigenvalue weighted by Crippen LogP contribution is 2.29. The second-order valence-electron chi connectivity index (χ2n) is 4.56. The monoisotopic (exact) mass is 231 g/mol. The van der Waals surface area contributed by atoms with E-state index in [2.05, 4.69) is 21.7 Å². The van der Waals surface area contributed by atoms with Crippen molar-refractivity contribution >= 4 is 0 Å². The van der Waals surface area contributed by atoms with Gasteiger partial charge in [-0.3, -0.25) is 0 Å². The van der Waals surface area contributed by atoms with Crippen LogP contribution in [0, 0.1) is 5.82 Å². The maximum atomic E-state index is 13.2. The lowest BCUT2D eigenvalue weighted by Crippen LogP contribution is -2.16. The SMILES string of the molecule is CC1CCCc2nnc(-c3cccc(F)c3)n21. The van der Waals surface area contributed by atoms with Crippen molar-refractivity contribution in [3.05, 3.63) is 35.9 Å².